The van der Waals surface area contributed by atoms with Crippen molar-refractivity contribution in [1.82, 2.24) is 4.90 Å². The van der Waals surface area contributed by atoms with E-state index in [1.54, 1.807) is 17.0 Å². The van der Waals surface area contributed by atoms with Gasteiger partial charge in [0.1, 0.15) is 0 Å². The first kappa shape index (κ1) is 17.1. The maximum absolute atomic E-state index is 12.6. The standard InChI is InChI=1S/C15H23NO5/c1-5-8-16(9-10-17)15(18)11-6-7-12(19-2)14(21-4)13(11)20-3/h6-7,17H,5,8-10H2,1-4H3. The van der Waals surface area contributed by atoms with Crippen LogP contribution in [0.5, 0.6) is 17.2 Å². The number of carbonyl (C=O) groups is 1. The van der Waals surface area contributed by atoms with Crippen molar-refractivity contribution in [2.45, 2.75) is 13.3 Å². The highest BCUT2D eigenvalue weighted by atomic mass is 16.5. The van der Waals surface area contributed by atoms with Gasteiger partial charge in [-0.05, 0) is 18.6 Å². The lowest BCUT2D eigenvalue weighted by atomic mass is 10.1. The molecule has 0 radical (unpaired) electrons. The number of rotatable bonds is 8. The van der Waals surface area contributed by atoms with E-state index in [0.717, 1.165) is 6.42 Å². The lowest BCUT2D eigenvalue weighted by molar-refractivity contribution is 0.0718. The summed E-state index contributed by atoms with van der Waals surface area (Å²) in [5.74, 6) is 1.01. The topological polar surface area (TPSA) is 68.2 Å². The second kappa shape index (κ2) is 8.36. The van der Waals surface area contributed by atoms with Gasteiger partial charge in [0.25, 0.3) is 5.91 Å². The fraction of sp³-hybridized carbons (Fsp3) is 0.533. The van der Waals surface area contributed by atoms with Crippen LogP contribution in [0.15, 0.2) is 12.1 Å². The number of nitrogens with zero attached hydrogens (tertiary/aromatic N) is 1. The minimum Gasteiger partial charge on any atom is -0.493 e. The number of aliphatic hydroxyl groups is 1. The van der Waals surface area contributed by atoms with E-state index in [0.29, 0.717) is 29.4 Å². The molecule has 6 heteroatoms. The normalized spacial score (nSPS) is 10.1. The number of benzene rings is 1. The number of ether oxygens (including phenoxy) is 3. The molecule has 0 saturated carbocycles. The zero-order valence-electron chi connectivity index (χ0n) is 13.0. The third-order valence-corrected chi connectivity index (χ3v) is 3.09. The Labute approximate surface area is 125 Å². The summed E-state index contributed by atoms with van der Waals surface area (Å²) >= 11 is 0. The van der Waals surface area contributed by atoms with Gasteiger partial charge in [0.15, 0.2) is 11.5 Å². The highest BCUT2D eigenvalue weighted by Gasteiger charge is 2.23. The van der Waals surface area contributed by atoms with Gasteiger partial charge in [-0.25, -0.2) is 0 Å². The van der Waals surface area contributed by atoms with E-state index in [-0.39, 0.29) is 19.1 Å². The predicted molar refractivity (Wildman–Crippen MR) is 79.4 cm³/mol. The summed E-state index contributed by atoms with van der Waals surface area (Å²) in [6, 6.07) is 3.31. The number of aliphatic hydroxyl groups excluding tert-OH is 1. The van der Waals surface area contributed by atoms with E-state index in [4.69, 9.17) is 19.3 Å². The number of hydrogen-bond donors (Lipinski definition) is 1. The molecule has 1 aromatic rings. The molecule has 1 rings (SSSR count). The Morgan fingerprint density at radius 2 is 1.76 bits per heavy atom. The second-order valence-electron chi connectivity index (χ2n) is 4.40. The molecule has 0 aromatic heterocycles. The quantitative estimate of drug-likeness (QED) is 0.788. The van der Waals surface area contributed by atoms with Crippen LogP contribution < -0.4 is 14.2 Å². The van der Waals surface area contributed by atoms with E-state index in [1.165, 1.54) is 21.3 Å². The number of hydrogen-bond acceptors (Lipinski definition) is 5. The van der Waals surface area contributed by atoms with Crippen LogP contribution in [0.4, 0.5) is 0 Å². The molecule has 0 aliphatic rings. The number of amides is 1. The van der Waals surface area contributed by atoms with Crippen LogP contribution >= 0.6 is 0 Å². The summed E-state index contributed by atoms with van der Waals surface area (Å²) in [5, 5.41) is 9.10. The van der Waals surface area contributed by atoms with Crippen molar-refractivity contribution in [2.24, 2.45) is 0 Å². The molecule has 0 heterocycles. The molecule has 0 fully saturated rings. The molecule has 21 heavy (non-hydrogen) atoms. The molecule has 1 aromatic carbocycles. The Balaban J connectivity index is 3.24. The fourth-order valence-corrected chi connectivity index (χ4v) is 2.15. The maximum Gasteiger partial charge on any atom is 0.257 e. The van der Waals surface area contributed by atoms with Gasteiger partial charge in [-0.3, -0.25) is 4.79 Å². The highest BCUT2D eigenvalue weighted by Crippen LogP contribution is 2.40. The minimum atomic E-state index is -0.205. The van der Waals surface area contributed by atoms with Crippen molar-refractivity contribution in [3.8, 4) is 17.2 Å². The lowest BCUT2D eigenvalue weighted by Crippen LogP contribution is -2.34. The Hall–Kier alpha value is -1.95. The van der Waals surface area contributed by atoms with Crippen molar-refractivity contribution in [3.05, 3.63) is 17.7 Å². The third kappa shape index (κ3) is 3.78. The van der Waals surface area contributed by atoms with E-state index in [2.05, 4.69) is 0 Å². The summed E-state index contributed by atoms with van der Waals surface area (Å²) in [4.78, 5) is 14.2. The third-order valence-electron chi connectivity index (χ3n) is 3.09. The van der Waals surface area contributed by atoms with Crippen molar-refractivity contribution < 1.29 is 24.1 Å². The van der Waals surface area contributed by atoms with E-state index < -0.39 is 0 Å². The van der Waals surface area contributed by atoms with Crippen LogP contribution in [0, 0.1) is 0 Å². The first-order valence-corrected chi connectivity index (χ1v) is 6.83. The largest absolute Gasteiger partial charge is 0.493 e. The molecule has 0 aliphatic heterocycles. The smallest absolute Gasteiger partial charge is 0.257 e. The molecule has 1 amide bonds. The van der Waals surface area contributed by atoms with Gasteiger partial charge in [-0.1, -0.05) is 6.92 Å². The molecule has 0 unspecified atom stereocenters. The van der Waals surface area contributed by atoms with E-state index in [9.17, 15) is 4.79 Å². The average Bonchev–Trinajstić information content (AvgIpc) is 2.52. The van der Waals surface area contributed by atoms with Crippen molar-refractivity contribution in [2.75, 3.05) is 41.0 Å². The van der Waals surface area contributed by atoms with Gasteiger partial charge in [-0.2, -0.15) is 0 Å². The first-order chi connectivity index (χ1) is 10.1. The van der Waals surface area contributed by atoms with Crippen LogP contribution in [-0.4, -0.2) is 56.9 Å². The lowest BCUT2D eigenvalue weighted by Gasteiger charge is -2.23. The maximum atomic E-state index is 12.6. The summed E-state index contributed by atoms with van der Waals surface area (Å²) in [5.41, 5.74) is 0.386. The van der Waals surface area contributed by atoms with Crippen molar-refractivity contribution >= 4 is 5.91 Å². The first-order valence-electron chi connectivity index (χ1n) is 6.83. The van der Waals surface area contributed by atoms with Crippen molar-refractivity contribution in [1.29, 1.82) is 0 Å². The zero-order valence-corrected chi connectivity index (χ0v) is 13.0. The predicted octanol–water partition coefficient (Wildman–Crippen LogP) is 1.56. The molecule has 6 nitrogen and oxygen atoms in total. The fourth-order valence-electron chi connectivity index (χ4n) is 2.15. The van der Waals surface area contributed by atoms with Gasteiger partial charge < -0.3 is 24.2 Å². The Bertz CT molecular complexity index is 469. The van der Waals surface area contributed by atoms with Crippen LogP contribution in [0.3, 0.4) is 0 Å². The van der Waals surface area contributed by atoms with Gasteiger partial charge in [0, 0.05) is 13.1 Å². The summed E-state index contributed by atoms with van der Waals surface area (Å²) in [7, 11) is 4.49. The van der Waals surface area contributed by atoms with Crippen LogP contribution in [0.1, 0.15) is 23.7 Å². The van der Waals surface area contributed by atoms with Crippen molar-refractivity contribution in [3.63, 3.8) is 0 Å². The molecule has 0 bridgehead atoms. The summed E-state index contributed by atoms with van der Waals surface area (Å²) in [6.07, 6.45) is 0.807. The second-order valence-corrected chi connectivity index (χ2v) is 4.40. The van der Waals surface area contributed by atoms with Gasteiger partial charge >= 0.3 is 0 Å². The van der Waals surface area contributed by atoms with E-state index in [1.807, 2.05) is 6.92 Å². The Kier molecular flexibility index (Phi) is 6.81. The van der Waals surface area contributed by atoms with Crippen LogP contribution in [0.2, 0.25) is 0 Å². The van der Waals surface area contributed by atoms with Gasteiger partial charge in [0.2, 0.25) is 5.75 Å². The summed E-state index contributed by atoms with van der Waals surface area (Å²) in [6.45, 7) is 2.74. The van der Waals surface area contributed by atoms with Crippen LogP contribution in [0.25, 0.3) is 0 Å². The Morgan fingerprint density at radius 1 is 1.10 bits per heavy atom. The number of methoxy groups -OCH3 is 3. The van der Waals surface area contributed by atoms with Crippen LogP contribution in [-0.2, 0) is 0 Å². The Morgan fingerprint density at radius 3 is 2.24 bits per heavy atom. The van der Waals surface area contributed by atoms with E-state index >= 15 is 0 Å². The van der Waals surface area contributed by atoms with Gasteiger partial charge in [0.05, 0.1) is 33.5 Å². The molecule has 0 aliphatic carbocycles. The minimum absolute atomic E-state index is 0.0820. The average molecular weight is 297 g/mol. The number of carbonyl (C=O) groups excluding carboxylic acids is 1. The summed E-state index contributed by atoms with van der Waals surface area (Å²) < 4.78 is 15.8. The molecule has 0 atom stereocenters. The molecule has 1 N–H and O–H groups in total. The molecular weight excluding hydrogens is 274 g/mol. The zero-order chi connectivity index (χ0) is 15.8. The molecule has 118 valence electrons. The molecular formula is C15H23NO5. The monoisotopic (exact) mass is 297 g/mol. The SMILES string of the molecule is CCCN(CCO)C(=O)c1ccc(OC)c(OC)c1OC. The molecule has 0 saturated heterocycles. The highest BCUT2D eigenvalue weighted by molar-refractivity contribution is 5.98. The molecule has 0 spiro atoms. The van der Waals surface area contributed by atoms with Gasteiger partial charge in [-0.15, -0.1) is 0 Å².